The molecule has 9 heteroatoms. The second kappa shape index (κ2) is 10.4. The Balaban J connectivity index is 1.49. The second-order valence-corrected chi connectivity index (χ2v) is 9.47. The summed E-state index contributed by atoms with van der Waals surface area (Å²) >= 11 is 4.26. The SMILES string of the molecule is C#CCOc1cc(Br)c(/C=C2\SC(=O)N(CC(=O)N3CCc4ccccc4C3)C2=O)cc1OC. The molecule has 1 fully saturated rings. The van der Waals surface area contributed by atoms with Gasteiger partial charge in [0.05, 0.1) is 12.0 Å². The maximum absolute atomic E-state index is 13.0. The van der Waals surface area contributed by atoms with Gasteiger partial charge in [0.1, 0.15) is 13.2 Å². The van der Waals surface area contributed by atoms with Crippen LogP contribution in [-0.2, 0) is 22.6 Å². The van der Waals surface area contributed by atoms with E-state index < -0.39 is 11.1 Å². The van der Waals surface area contributed by atoms with Crippen molar-refractivity contribution in [2.24, 2.45) is 0 Å². The van der Waals surface area contributed by atoms with E-state index in [4.69, 9.17) is 15.9 Å². The number of rotatable bonds is 6. The number of amides is 3. The zero-order chi connectivity index (χ0) is 24.2. The summed E-state index contributed by atoms with van der Waals surface area (Å²) in [6.07, 6.45) is 7.59. The molecule has 2 aromatic carbocycles. The summed E-state index contributed by atoms with van der Waals surface area (Å²) < 4.78 is 11.5. The molecule has 0 aliphatic carbocycles. The fourth-order valence-electron chi connectivity index (χ4n) is 3.77. The Morgan fingerprint density at radius 1 is 1.24 bits per heavy atom. The van der Waals surface area contributed by atoms with Gasteiger partial charge in [-0.05, 0) is 53.1 Å². The third-order valence-electron chi connectivity index (χ3n) is 5.53. The number of benzene rings is 2. The van der Waals surface area contributed by atoms with Gasteiger partial charge in [0.2, 0.25) is 5.91 Å². The number of ether oxygens (including phenoxy) is 2. The topological polar surface area (TPSA) is 76.2 Å². The van der Waals surface area contributed by atoms with E-state index in [9.17, 15) is 14.4 Å². The molecule has 2 aliphatic heterocycles. The molecule has 174 valence electrons. The molecular weight excluding hydrogens is 520 g/mol. The van der Waals surface area contributed by atoms with E-state index >= 15 is 0 Å². The van der Waals surface area contributed by atoms with Crippen molar-refractivity contribution in [2.75, 3.05) is 26.8 Å². The average Bonchev–Trinajstić information content (AvgIpc) is 3.10. The van der Waals surface area contributed by atoms with Crippen LogP contribution >= 0.6 is 27.7 Å². The van der Waals surface area contributed by atoms with E-state index in [1.807, 2.05) is 18.2 Å². The van der Waals surface area contributed by atoms with E-state index in [2.05, 4.69) is 27.9 Å². The van der Waals surface area contributed by atoms with Gasteiger partial charge < -0.3 is 14.4 Å². The van der Waals surface area contributed by atoms with Crippen LogP contribution in [0, 0.1) is 12.3 Å². The van der Waals surface area contributed by atoms with Crippen LogP contribution in [0.1, 0.15) is 16.7 Å². The monoisotopic (exact) mass is 540 g/mol. The Kier molecular flexibility index (Phi) is 7.29. The summed E-state index contributed by atoms with van der Waals surface area (Å²) in [6, 6.07) is 11.3. The number of carbonyl (C=O) groups excluding carboxylic acids is 3. The lowest BCUT2D eigenvalue weighted by Gasteiger charge is -2.29. The molecule has 0 saturated carbocycles. The van der Waals surface area contributed by atoms with E-state index in [0.717, 1.165) is 28.6 Å². The number of halogens is 1. The van der Waals surface area contributed by atoms with E-state index in [-0.39, 0.29) is 24.0 Å². The molecule has 4 rings (SSSR count). The summed E-state index contributed by atoms with van der Waals surface area (Å²) in [5.41, 5.74) is 2.93. The fourth-order valence-corrected chi connectivity index (χ4v) is 5.04. The maximum atomic E-state index is 13.0. The van der Waals surface area contributed by atoms with Crippen LogP contribution in [0.2, 0.25) is 0 Å². The predicted octanol–water partition coefficient (Wildman–Crippen LogP) is 4.09. The molecule has 1 saturated heterocycles. The Morgan fingerprint density at radius 3 is 2.74 bits per heavy atom. The highest BCUT2D eigenvalue weighted by Gasteiger charge is 2.37. The zero-order valence-electron chi connectivity index (χ0n) is 18.4. The summed E-state index contributed by atoms with van der Waals surface area (Å²) in [5, 5.41) is -0.473. The van der Waals surface area contributed by atoms with Crippen LogP contribution in [0.25, 0.3) is 6.08 Å². The van der Waals surface area contributed by atoms with Gasteiger partial charge in [-0.15, -0.1) is 6.42 Å². The van der Waals surface area contributed by atoms with Crippen LogP contribution in [-0.4, -0.2) is 53.7 Å². The highest BCUT2D eigenvalue weighted by molar-refractivity contribution is 9.10. The third kappa shape index (κ3) is 4.98. The van der Waals surface area contributed by atoms with E-state index in [1.54, 1.807) is 23.1 Å². The van der Waals surface area contributed by atoms with Crippen molar-refractivity contribution < 1.29 is 23.9 Å². The second-order valence-electron chi connectivity index (χ2n) is 7.62. The number of nitrogens with zero attached hydrogens (tertiary/aromatic N) is 2. The standard InChI is InChI=1S/C25H21BrN2O5S/c1-3-10-33-21-13-19(26)18(11-20(21)32-2)12-22-24(30)28(25(31)34-22)15-23(29)27-9-8-16-6-4-5-7-17(16)14-27/h1,4-7,11-13H,8-10,14-15H2,2H3/b22-12-. The molecule has 3 amide bonds. The largest absolute Gasteiger partial charge is 0.493 e. The Bertz CT molecular complexity index is 1240. The number of fused-ring (bicyclic) bond motifs is 1. The predicted molar refractivity (Wildman–Crippen MR) is 133 cm³/mol. The zero-order valence-corrected chi connectivity index (χ0v) is 20.8. The Labute approximate surface area is 210 Å². The lowest BCUT2D eigenvalue weighted by atomic mass is 10.00. The van der Waals surface area contributed by atoms with Gasteiger partial charge in [0.25, 0.3) is 11.1 Å². The molecule has 0 aromatic heterocycles. The van der Waals surface area contributed by atoms with Gasteiger partial charge in [-0.2, -0.15) is 0 Å². The number of hydrogen-bond donors (Lipinski definition) is 0. The van der Waals surface area contributed by atoms with E-state index in [1.165, 1.54) is 12.7 Å². The Hall–Kier alpha value is -3.22. The minimum atomic E-state index is -0.501. The van der Waals surface area contributed by atoms with Gasteiger partial charge in [-0.1, -0.05) is 46.1 Å². The van der Waals surface area contributed by atoms with Gasteiger partial charge in [-0.3, -0.25) is 19.3 Å². The summed E-state index contributed by atoms with van der Waals surface area (Å²) in [6.45, 7) is 0.829. The van der Waals surface area contributed by atoms with Crippen LogP contribution < -0.4 is 9.47 Å². The normalized spacial score (nSPS) is 16.4. The first kappa shape index (κ1) is 23.9. The van der Waals surface area contributed by atoms with Crippen LogP contribution in [0.4, 0.5) is 4.79 Å². The molecule has 7 nitrogen and oxygen atoms in total. The lowest BCUT2D eigenvalue weighted by Crippen LogP contribution is -2.44. The number of terminal acetylenes is 1. The van der Waals surface area contributed by atoms with Crippen LogP contribution in [0.15, 0.2) is 45.8 Å². The van der Waals surface area contributed by atoms with Crippen LogP contribution in [0.5, 0.6) is 11.5 Å². The van der Waals surface area contributed by atoms with Gasteiger partial charge in [0.15, 0.2) is 11.5 Å². The first-order valence-electron chi connectivity index (χ1n) is 10.4. The third-order valence-corrected chi connectivity index (χ3v) is 7.13. The Morgan fingerprint density at radius 2 is 2.00 bits per heavy atom. The quantitative estimate of drug-likeness (QED) is 0.405. The lowest BCUT2D eigenvalue weighted by molar-refractivity contribution is -0.136. The summed E-state index contributed by atoms with van der Waals surface area (Å²) in [4.78, 5) is 41.3. The molecule has 0 atom stereocenters. The minimum absolute atomic E-state index is 0.0810. The molecule has 2 heterocycles. The van der Waals surface area contributed by atoms with Crippen molar-refractivity contribution in [3.05, 3.63) is 62.5 Å². The molecule has 2 aliphatic rings. The number of hydrogen-bond acceptors (Lipinski definition) is 6. The number of imide groups is 1. The minimum Gasteiger partial charge on any atom is -0.493 e. The first-order valence-corrected chi connectivity index (χ1v) is 12.1. The fraction of sp³-hybridized carbons (Fsp3) is 0.240. The summed E-state index contributed by atoms with van der Waals surface area (Å²) in [7, 11) is 1.49. The molecule has 0 unspecified atom stereocenters. The highest BCUT2D eigenvalue weighted by Crippen LogP contribution is 2.38. The van der Waals surface area contributed by atoms with Gasteiger partial charge >= 0.3 is 0 Å². The highest BCUT2D eigenvalue weighted by atomic mass is 79.9. The molecular formula is C25H21BrN2O5S. The number of methoxy groups -OCH3 is 1. The molecule has 34 heavy (non-hydrogen) atoms. The first-order chi connectivity index (χ1) is 16.4. The number of carbonyl (C=O) groups is 3. The molecule has 0 N–H and O–H groups in total. The van der Waals surface area contributed by atoms with Crippen molar-refractivity contribution >= 4 is 50.8 Å². The smallest absolute Gasteiger partial charge is 0.294 e. The van der Waals surface area contributed by atoms with Crippen molar-refractivity contribution in [1.82, 2.24) is 9.80 Å². The van der Waals surface area contributed by atoms with Crippen LogP contribution in [0.3, 0.4) is 0 Å². The molecule has 0 spiro atoms. The average molecular weight is 541 g/mol. The van der Waals surface area contributed by atoms with Crippen molar-refractivity contribution in [1.29, 1.82) is 0 Å². The van der Waals surface area contributed by atoms with Crippen molar-refractivity contribution in [3.63, 3.8) is 0 Å². The molecule has 0 radical (unpaired) electrons. The van der Waals surface area contributed by atoms with Gasteiger partial charge in [-0.25, -0.2) is 0 Å². The molecule has 2 aromatic rings. The van der Waals surface area contributed by atoms with Gasteiger partial charge in [0, 0.05) is 17.6 Å². The van der Waals surface area contributed by atoms with Crippen molar-refractivity contribution in [3.8, 4) is 23.8 Å². The summed E-state index contributed by atoms with van der Waals surface area (Å²) in [5.74, 6) is 2.52. The van der Waals surface area contributed by atoms with Crippen molar-refractivity contribution in [2.45, 2.75) is 13.0 Å². The number of thioether (sulfide) groups is 1. The molecule has 0 bridgehead atoms. The maximum Gasteiger partial charge on any atom is 0.294 e. The van der Waals surface area contributed by atoms with E-state index in [0.29, 0.717) is 34.6 Å².